The van der Waals surface area contributed by atoms with E-state index in [4.69, 9.17) is 9.88 Å². The number of carbonyl (C=O) groups is 1. The Bertz CT molecular complexity index is 630. The predicted octanol–water partition coefficient (Wildman–Crippen LogP) is 0.825. The third kappa shape index (κ3) is 4.19. The van der Waals surface area contributed by atoms with Crippen LogP contribution < -0.4 is 10.5 Å². The topological polar surface area (TPSA) is 102 Å². The first-order valence-corrected chi connectivity index (χ1v) is 8.62. The number of hydrogen-bond acceptors (Lipinski definition) is 4. The van der Waals surface area contributed by atoms with E-state index in [2.05, 4.69) is 5.32 Å². The van der Waals surface area contributed by atoms with Gasteiger partial charge in [0.1, 0.15) is 0 Å². The van der Waals surface area contributed by atoms with Crippen molar-refractivity contribution in [3.8, 4) is 0 Å². The summed E-state index contributed by atoms with van der Waals surface area (Å²) in [7, 11) is -3.70. The van der Waals surface area contributed by atoms with Crippen molar-refractivity contribution >= 4 is 16.1 Å². The zero-order valence-electron chi connectivity index (χ0n) is 12.7. The van der Waals surface area contributed by atoms with E-state index in [1.54, 1.807) is 17.0 Å². The molecule has 22 heavy (non-hydrogen) atoms. The molecule has 1 saturated heterocycles. The molecule has 0 spiro atoms. The molecule has 2 rings (SSSR count). The summed E-state index contributed by atoms with van der Waals surface area (Å²) in [5.41, 5.74) is 0.807. The normalized spacial score (nSPS) is 20.5. The second kappa shape index (κ2) is 6.64. The number of ether oxygens (including phenoxy) is 1. The molecule has 1 aliphatic heterocycles. The minimum atomic E-state index is -3.70. The van der Waals surface area contributed by atoms with Gasteiger partial charge in [0.25, 0.3) is 0 Å². The average molecular weight is 327 g/mol. The summed E-state index contributed by atoms with van der Waals surface area (Å²) < 4.78 is 27.8. The second-order valence-corrected chi connectivity index (χ2v) is 6.97. The highest BCUT2D eigenvalue weighted by molar-refractivity contribution is 7.89. The quantitative estimate of drug-likeness (QED) is 0.858. The number of carbonyl (C=O) groups excluding carboxylic acids is 1. The lowest BCUT2D eigenvalue weighted by molar-refractivity contribution is -0.00380. The Morgan fingerprint density at radius 2 is 2.05 bits per heavy atom. The van der Waals surface area contributed by atoms with E-state index in [0.717, 1.165) is 5.56 Å². The zero-order valence-corrected chi connectivity index (χ0v) is 13.5. The van der Waals surface area contributed by atoms with Crippen LogP contribution in [-0.4, -0.2) is 45.1 Å². The van der Waals surface area contributed by atoms with Crippen molar-refractivity contribution in [3.05, 3.63) is 29.8 Å². The number of primary sulfonamides is 1. The summed E-state index contributed by atoms with van der Waals surface area (Å²) in [6, 6.07) is 5.77. The predicted molar refractivity (Wildman–Crippen MR) is 81.7 cm³/mol. The molecule has 1 aromatic carbocycles. The summed E-state index contributed by atoms with van der Waals surface area (Å²) in [5.74, 6) is 0. The fraction of sp³-hybridized carbons (Fsp3) is 0.500. The van der Waals surface area contributed by atoms with Gasteiger partial charge in [-0.15, -0.1) is 0 Å². The molecule has 0 radical (unpaired) electrons. The van der Waals surface area contributed by atoms with Gasteiger partial charge in [-0.05, 0) is 31.5 Å². The Labute approximate surface area is 130 Å². The molecule has 0 aromatic heterocycles. The molecule has 122 valence electrons. The fourth-order valence-corrected chi connectivity index (χ4v) is 2.82. The van der Waals surface area contributed by atoms with E-state index in [0.29, 0.717) is 19.7 Å². The lowest BCUT2D eigenvalue weighted by Crippen LogP contribution is -2.49. The van der Waals surface area contributed by atoms with Gasteiger partial charge in [0.2, 0.25) is 10.0 Å². The maximum Gasteiger partial charge on any atom is 0.318 e. The van der Waals surface area contributed by atoms with E-state index in [-0.39, 0.29) is 23.1 Å². The summed E-state index contributed by atoms with van der Waals surface area (Å²) >= 11 is 0. The van der Waals surface area contributed by atoms with E-state index in [1.165, 1.54) is 12.1 Å². The Kier molecular flexibility index (Phi) is 5.05. The van der Waals surface area contributed by atoms with Crippen LogP contribution in [0.15, 0.2) is 29.2 Å². The molecule has 7 nitrogen and oxygen atoms in total. The Balaban J connectivity index is 1.99. The highest BCUT2D eigenvalue weighted by Gasteiger charge is 2.22. The first-order valence-electron chi connectivity index (χ1n) is 7.07. The van der Waals surface area contributed by atoms with Crippen LogP contribution in [0.3, 0.4) is 0 Å². The highest BCUT2D eigenvalue weighted by Crippen LogP contribution is 2.16. The first-order chi connectivity index (χ1) is 10.3. The monoisotopic (exact) mass is 327 g/mol. The maximum atomic E-state index is 12.2. The molecule has 0 aliphatic carbocycles. The van der Waals surface area contributed by atoms with Crippen molar-refractivity contribution in [2.24, 2.45) is 5.14 Å². The summed E-state index contributed by atoms with van der Waals surface area (Å²) in [6.45, 7) is 5.42. The van der Waals surface area contributed by atoms with Crippen LogP contribution in [0.5, 0.6) is 0 Å². The molecular weight excluding hydrogens is 306 g/mol. The van der Waals surface area contributed by atoms with E-state index in [9.17, 15) is 13.2 Å². The third-order valence-corrected chi connectivity index (χ3v) is 4.51. The number of benzene rings is 1. The third-order valence-electron chi connectivity index (χ3n) is 3.58. The van der Waals surface area contributed by atoms with Crippen LogP contribution >= 0.6 is 0 Å². The Hall–Kier alpha value is -1.64. The van der Waals surface area contributed by atoms with Crippen LogP contribution in [0.25, 0.3) is 0 Å². The van der Waals surface area contributed by atoms with Crippen molar-refractivity contribution in [1.29, 1.82) is 0 Å². The molecule has 0 saturated carbocycles. The number of urea groups is 1. The van der Waals surface area contributed by atoms with Crippen LogP contribution in [-0.2, 0) is 14.8 Å². The second-order valence-electron chi connectivity index (χ2n) is 5.41. The van der Waals surface area contributed by atoms with Gasteiger partial charge in [0, 0.05) is 13.1 Å². The summed E-state index contributed by atoms with van der Waals surface area (Å²) in [4.78, 5) is 14.0. The van der Waals surface area contributed by atoms with Crippen molar-refractivity contribution in [1.82, 2.24) is 10.2 Å². The minimum Gasteiger partial charge on any atom is -0.375 e. The van der Waals surface area contributed by atoms with Crippen molar-refractivity contribution in [2.45, 2.75) is 30.9 Å². The van der Waals surface area contributed by atoms with Gasteiger partial charge in [0.05, 0.1) is 23.6 Å². The molecule has 1 aromatic rings. The number of rotatable bonds is 3. The SMILES string of the molecule is CC1CN(C(=O)NC(C)c2ccc(S(N)(=O)=O)cc2)CCO1. The smallest absolute Gasteiger partial charge is 0.318 e. The number of amides is 2. The van der Waals surface area contributed by atoms with Crippen molar-refractivity contribution in [2.75, 3.05) is 19.7 Å². The molecule has 3 N–H and O–H groups in total. The fourth-order valence-electron chi connectivity index (χ4n) is 2.31. The van der Waals surface area contributed by atoms with Crippen molar-refractivity contribution < 1.29 is 17.9 Å². The molecule has 8 heteroatoms. The Morgan fingerprint density at radius 1 is 1.41 bits per heavy atom. The van der Waals surface area contributed by atoms with Crippen LogP contribution in [0.2, 0.25) is 0 Å². The Morgan fingerprint density at radius 3 is 2.59 bits per heavy atom. The van der Waals surface area contributed by atoms with Gasteiger partial charge in [-0.2, -0.15) is 0 Å². The molecule has 0 bridgehead atoms. The molecule has 2 atom stereocenters. The van der Waals surface area contributed by atoms with Crippen LogP contribution in [0.4, 0.5) is 4.79 Å². The highest BCUT2D eigenvalue weighted by atomic mass is 32.2. The summed E-state index contributed by atoms with van der Waals surface area (Å²) in [5, 5.41) is 7.95. The van der Waals surface area contributed by atoms with Gasteiger partial charge in [-0.1, -0.05) is 12.1 Å². The lowest BCUT2D eigenvalue weighted by Gasteiger charge is -2.32. The van der Waals surface area contributed by atoms with E-state index < -0.39 is 10.0 Å². The first kappa shape index (κ1) is 16.7. The van der Waals surface area contributed by atoms with E-state index in [1.807, 2.05) is 13.8 Å². The number of nitrogens with two attached hydrogens (primary N) is 1. The molecule has 2 unspecified atom stereocenters. The van der Waals surface area contributed by atoms with Gasteiger partial charge in [0.15, 0.2) is 0 Å². The number of hydrogen-bond donors (Lipinski definition) is 2. The summed E-state index contributed by atoms with van der Waals surface area (Å²) in [6.07, 6.45) is 0.0313. The largest absolute Gasteiger partial charge is 0.375 e. The van der Waals surface area contributed by atoms with E-state index >= 15 is 0 Å². The lowest BCUT2D eigenvalue weighted by atomic mass is 10.1. The van der Waals surface area contributed by atoms with Gasteiger partial charge in [-0.3, -0.25) is 0 Å². The maximum absolute atomic E-state index is 12.2. The molecule has 1 aliphatic rings. The number of sulfonamides is 1. The molecule has 1 heterocycles. The van der Waals surface area contributed by atoms with Gasteiger partial charge < -0.3 is 15.0 Å². The molecular formula is C14H21N3O4S. The number of nitrogens with zero attached hydrogens (tertiary/aromatic N) is 1. The standard InChI is InChI=1S/C14H21N3O4S/c1-10-9-17(7-8-21-10)14(18)16-11(2)12-3-5-13(6-4-12)22(15,19)20/h3-6,10-11H,7-9H2,1-2H3,(H,16,18)(H2,15,19,20). The van der Waals surface area contributed by atoms with Crippen LogP contribution in [0.1, 0.15) is 25.5 Å². The van der Waals surface area contributed by atoms with Crippen molar-refractivity contribution in [3.63, 3.8) is 0 Å². The van der Waals surface area contributed by atoms with Gasteiger partial charge in [-0.25, -0.2) is 18.4 Å². The number of nitrogens with one attached hydrogen (secondary N) is 1. The average Bonchev–Trinajstić information content (AvgIpc) is 2.46. The molecule has 2 amide bonds. The molecule has 1 fully saturated rings. The van der Waals surface area contributed by atoms with Crippen LogP contribution in [0, 0.1) is 0 Å². The zero-order chi connectivity index (χ0) is 16.3. The van der Waals surface area contributed by atoms with Gasteiger partial charge >= 0.3 is 6.03 Å². The minimum absolute atomic E-state index is 0.0313. The number of morpholine rings is 1.